The molecule has 2 rings (SSSR count). The van der Waals surface area contributed by atoms with E-state index in [0.717, 1.165) is 47.2 Å². The molecule has 0 amide bonds. The molecule has 0 spiro atoms. The molecule has 0 atom stereocenters. The number of anilines is 1. The third-order valence-electron chi connectivity index (χ3n) is 3.57. The second-order valence-electron chi connectivity index (χ2n) is 4.54. The van der Waals surface area contributed by atoms with E-state index in [1.54, 1.807) is 0 Å². The molecule has 1 aliphatic heterocycles. The molecule has 0 aliphatic carbocycles. The van der Waals surface area contributed by atoms with Crippen LogP contribution in [0.2, 0.25) is 0 Å². The van der Waals surface area contributed by atoms with Gasteiger partial charge in [-0.25, -0.2) is 4.98 Å². The van der Waals surface area contributed by atoms with Gasteiger partial charge in [0.15, 0.2) is 0 Å². The Kier molecular flexibility index (Phi) is 4.97. The predicted molar refractivity (Wildman–Crippen MR) is 86.4 cm³/mol. The molecule has 0 saturated carbocycles. The van der Waals surface area contributed by atoms with Crippen LogP contribution in [-0.2, 0) is 0 Å². The number of hydrogen-bond acceptors (Lipinski definition) is 4. The maximum absolute atomic E-state index is 5.91. The standard InChI is InChI=1S/C12H17Br2N3S/c1-18-12(8-15)2-4-17(5-3-12)11-10(14)6-9(13)7-16-11/h6-7H,2-5,8,15H2,1H3. The fourth-order valence-corrected chi connectivity index (χ4v) is 4.25. The zero-order valence-corrected chi connectivity index (χ0v) is 14.3. The Morgan fingerprint density at radius 2 is 2.11 bits per heavy atom. The number of halogens is 2. The van der Waals surface area contributed by atoms with Crippen molar-refractivity contribution in [1.29, 1.82) is 0 Å². The quantitative estimate of drug-likeness (QED) is 0.854. The molecule has 0 bridgehead atoms. The summed E-state index contributed by atoms with van der Waals surface area (Å²) in [6.07, 6.45) is 6.25. The molecule has 3 nitrogen and oxygen atoms in total. The van der Waals surface area contributed by atoms with E-state index in [9.17, 15) is 0 Å². The Bertz CT molecular complexity index is 414. The molecular formula is C12H17Br2N3S. The second kappa shape index (κ2) is 6.11. The van der Waals surface area contributed by atoms with Crippen LogP contribution in [-0.4, -0.2) is 35.6 Å². The lowest BCUT2D eigenvalue weighted by atomic mass is 9.96. The van der Waals surface area contributed by atoms with Crippen LogP contribution < -0.4 is 10.6 Å². The molecule has 100 valence electrons. The smallest absolute Gasteiger partial charge is 0.142 e. The summed E-state index contributed by atoms with van der Waals surface area (Å²) in [5.74, 6) is 1.03. The molecule has 1 fully saturated rings. The molecular weight excluding hydrogens is 378 g/mol. The Hall–Kier alpha value is 0.220. The van der Waals surface area contributed by atoms with E-state index in [1.807, 2.05) is 24.0 Å². The summed E-state index contributed by atoms with van der Waals surface area (Å²) in [7, 11) is 0. The molecule has 1 aromatic heterocycles. The van der Waals surface area contributed by atoms with Crippen molar-refractivity contribution in [2.24, 2.45) is 5.73 Å². The largest absolute Gasteiger partial charge is 0.356 e. The maximum Gasteiger partial charge on any atom is 0.142 e. The van der Waals surface area contributed by atoms with Gasteiger partial charge in [-0.2, -0.15) is 11.8 Å². The Balaban J connectivity index is 2.10. The van der Waals surface area contributed by atoms with Crippen molar-refractivity contribution in [3.63, 3.8) is 0 Å². The normalized spacial score (nSPS) is 19.0. The first-order chi connectivity index (χ1) is 8.60. The molecule has 0 radical (unpaired) electrons. The molecule has 2 N–H and O–H groups in total. The molecule has 18 heavy (non-hydrogen) atoms. The minimum atomic E-state index is 0.262. The number of hydrogen-bond donors (Lipinski definition) is 1. The van der Waals surface area contributed by atoms with Crippen LogP contribution in [0.3, 0.4) is 0 Å². The number of piperidine rings is 1. The van der Waals surface area contributed by atoms with Crippen LogP contribution in [0.25, 0.3) is 0 Å². The highest BCUT2D eigenvalue weighted by atomic mass is 79.9. The summed E-state index contributed by atoms with van der Waals surface area (Å²) in [5, 5.41) is 0. The van der Waals surface area contributed by atoms with E-state index >= 15 is 0 Å². The first-order valence-corrected chi connectivity index (χ1v) is 8.72. The van der Waals surface area contributed by atoms with Gasteiger partial charge in [0.05, 0.1) is 4.47 Å². The van der Waals surface area contributed by atoms with Gasteiger partial charge in [0.1, 0.15) is 5.82 Å². The lowest BCUT2D eigenvalue weighted by molar-refractivity contribution is 0.455. The number of pyridine rings is 1. The van der Waals surface area contributed by atoms with Crippen molar-refractivity contribution in [1.82, 2.24) is 4.98 Å². The van der Waals surface area contributed by atoms with Crippen LogP contribution in [0.1, 0.15) is 12.8 Å². The van der Waals surface area contributed by atoms with Crippen molar-refractivity contribution >= 4 is 49.4 Å². The average Bonchev–Trinajstić information content (AvgIpc) is 2.39. The average molecular weight is 395 g/mol. The summed E-state index contributed by atoms with van der Waals surface area (Å²) in [6.45, 7) is 2.80. The topological polar surface area (TPSA) is 42.1 Å². The van der Waals surface area contributed by atoms with Gasteiger partial charge in [0.2, 0.25) is 0 Å². The van der Waals surface area contributed by atoms with Crippen LogP contribution in [0.15, 0.2) is 21.2 Å². The summed E-state index contributed by atoms with van der Waals surface area (Å²) >= 11 is 8.92. The molecule has 0 unspecified atom stereocenters. The molecule has 1 aromatic rings. The van der Waals surface area contributed by atoms with E-state index < -0.39 is 0 Å². The summed E-state index contributed by atoms with van der Waals surface area (Å²) in [6, 6.07) is 2.04. The summed E-state index contributed by atoms with van der Waals surface area (Å²) < 4.78 is 2.30. The summed E-state index contributed by atoms with van der Waals surface area (Å²) in [4.78, 5) is 6.83. The molecule has 0 aromatic carbocycles. The van der Waals surface area contributed by atoms with Gasteiger partial charge in [-0.05, 0) is 57.0 Å². The number of nitrogens with two attached hydrogens (primary N) is 1. The van der Waals surface area contributed by atoms with Gasteiger partial charge >= 0.3 is 0 Å². The Morgan fingerprint density at radius 1 is 1.44 bits per heavy atom. The zero-order valence-electron chi connectivity index (χ0n) is 10.3. The van der Waals surface area contributed by atoms with Crippen molar-refractivity contribution in [2.45, 2.75) is 17.6 Å². The van der Waals surface area contributed by atoms with Crippen LogP contribution >= 0.6 is 43.6 Å². The number of rotatable bonds is 3. The van der Waals surface area contributed by atoms with Crippen molar-refractivity contribution in [2.75, 3.05) is 30.8 Å². The second-order valence-corrected chi connectivity index (χ2v) is 7.58. The number of aromatic nitrogens is 1. The Labute approximate surface area is 129 Å². The van der Waals surface area contributed by atoms with Gasteiger partial charge in [-0.1, -0.05) is 0 Å². The predicted octanol–water partition coefficient (Wildman–Crippen LogP) is 3.27. The van der Waals surface area contributed by atoms with E-state index in [-0.39, 0.29) is 4.75 Å². The van der Waals surface area contributed by atoms with E-state index in [1.165, 1.54) is 0 Å². The molecule has 1 saturated heterocycles. The van der Waals surface area contributed by atoms with E-state index in [2.05, 4.69) is 48.0 Å². The number of thioether (sulfide) groups is 1. The lowest BCUT2D eigenvalue weighted by Gasteiger charge is -2.40. The van der Waals surface area contributed by atoms with E-state index in [4.69, 9.17) is 5.73 Å². The lowest BCUT2D eigenvalue weighted by Crippen LogP contribution is -2.46. The highest BCUT2D eigenvalue weighted by Crippen LogP contribution is 2.36. The summed E-state index contributed by atoms with van der Waals surface area (Å²) in [5.41, 5.74) is 5.91. The Morgan fingerprint density at radius 3 is 2.61 bits per heavy atom. The third kappa shape index (κ3) is 3.03. The van der Waals surface area contributed by atoms with Crippen molar-refractivity contribution < 1.29 is 0 Å². The first kappa shape index (κ1) is 14.6. The minimum Gasteiger partial charge on any atom is -0.356 e. The fraction of sp³-hybridized carbons (Fsp3) is 0.583. The van der Waals surface area contributed by atoms with Crippen molar-refractivity contribution in [3.8, 4) is 0 Å². The van der Waals surface area contributed by atoms with Gasteiger partial charge in [-0.15, -0.1) is 0 Å². The molecule has 2 heterocycles. The van der Waals surface area contributed by atoms with Crippen LogP contribution in [0.4, 0.5) is 5.82 Å². The SMILES string of the molecule is CSC1(CN)CCN(c2ncc(Br)cc2Br)CC1. The monoisotopic (exact) mass is 393 g/mol. The van der Waals surface area contributed by atoms with Crippen LogP contribution in [0.5, 0.6) is 0 Å². The molecule has 1 aliphatic rings. The maximum atomic E-state index is 5.91. The zero-order chi connectivity index (χ0) is 13.2. The van der Waals surface area contributed by atoms with Gasteiger partial charge in [0.25, 0.3) is 0 Å². The van der Waals surface area contributed by atoms with Gasteiger partial charge < -0.3 is 10.6 Å². The highest BCUT2D eigenvalue weighted by Gasteiger charge is 2.33. The number of nitrogens with zero attached hydrogens (tertiary/aromatic N) is 2. The van der Waals surface area contributed by atoms with Gasteiger partial charge in [0, 0.05) is 35.1 Å². The first-order valence-electron chi connectivity index (χ1n) is 5.91. The van der Waals surface area contributed by atoms with Gasteiger partial charge in [-0.3, -0.25) is 0 Å². The van der Waals surface area contributed by atoms with E-state index in [0.29, 0.717) is 0 Å². The fourth-order valence-electron chi connectivity index (χ4n) is 2.26. The van der Waals surface area contributed by atoms with Crippen molar-refractivity contribution in [3.05, 3.63) is 21.2 Å². The third-order valence-corrected chi connectivity index (χ3v) is 6.03. The van der Waals surface area contributed by atoms with Crippen LogP contribution in [0, 0.1) is 0 Å². The molecule has 6 heteroatoms. The highest BCUT2D eigenvalue weighted by molar-refractivity contribution is 9.11. The minimum absolute atomic E-state index is 0.262.